The van der Waals surface area contributed by atoms with Crippen molar-refractivity contribution in [3.05, 3.63) is 47.7 Å². The lowest BCUT2D eigenvalue weighted by Crippen LogP contribution is -2.23. The lowest BCUT2D eigenvalue weighted by Gasteiger charge is -2.07. The highest BCUT2D eigenvalue weighted by Crippen LogP contribution is 2.27. The molecule has 1 aromatic carbocycles. The van der Waals surface area contributed by atoms with Gasteiger partial charge < -0.3 is 10.6 Å². The number of oxime groups is 1. The van der Waals surface area contributed by atoms with Gasteiger partial charge in [-0.05, 0) is 5.56 Å². The Hall–Kier alpha value is -3.14. The molecule has 0 bridgehead atoms. The lowest BCUT2D eigenvalue weighted by molar-refractivity contribution is 0.0855. The number of hydrogen-bond donors (Lipinski definition) is 1. The van der Waals surface area contributed by atoms with Crippen molar-refractivity contribution in [3.63, 3.8) is 0 Å². The molecule has 2 aromatic rings. The molecule has 1 aliphatic rings. The quantitative estimate of drug-likeness (QED) is 0.897. The van der Waals surface area contributed by atoms with Gasteiger partial charge in [-0.25, -0.2) is 0 Å². The Kier molecular flexibility index (Phi) is 3.12. The number of carbonyl (C=O) groups excluding carboxylic acids is 1. The van der Waals surface area contributed by atoms with Crippen LogP contribution in [0.3, 0.4) is 0 Å². The maximum atomic E-state index is 12.3. The number of nitrogens with two attached hydrogens (primary N) is 1. The van der Waals surface area contributed by atoms with Crippen molar-refractivity contribution in [1.29, 1.82) is 5.26 Å². The van der Waals surface area contributed by atoms with Gasteiger partial charge in [-0.2, -0.15) is 15.0 Å². The van der Waals surface area contributed by atoms with Crippen LogP contribution in [-0.2, 0) is 4.84 Å². The number of nitriles is 1. The van der Waals surface area contributed by atoms with Gasteiger partial charge in [-0.15, -0.1) is 0 Å². The molecule has 2 heterocycles. The molecule has 0 aliphatic carbocycles. The highest BCUT2D eigenvalue weighted by atomic mass is 16.6. The second-order valence-electron chi connectivity index (χ2n) is 4.52. The van der Waals surface area contributed by atoms with Gasteiger partial charge in [0.05, 0.1) is 6.20 Å². The minimum atomic E-state index is -0.479. The molecule has 0 saturated carbocycles. The Bertz CT molecular complexity index is 757. The molecule has 21 heavy (non-hydrogen) atoms. The molecule has 7 nitrogen and oxygen atoms in total. The van der Waals surface area contributed by atoms with E-state index in [9.17, 15) is 4.79 Å². The van der Waals surface area contributed by atoms with Crippen molar-refractivity contribution in [2.24, 2.45) is 5.16 Å². The van der Waals surface area contributed by atoms with E-state index in [4.69, 9.17) is 15.8 Å². The fraction of sp³-hybridized carbons (Fsp3) is 0.143. The van der Waals surface area contributed by atoms with E-state index in [1.165, 1.54) is 6.20 Å². The molecule has 1 aromatic heterocycles. The molecule has 2 N–H and O–H groups in total. The van der Waals surface area contributed by atoms with Gasteiger partial charge in [0, 0.05) is 6.42 Å². The fourth-order valence-corrected chi connectivity index (χ4v) is 2.08. The minimum absolute atomic E-state index is 0.00774. The van der Waals surface area contributed by atoms with Crippen LogP contribution in [0.25, 0.3) is 0 Å². The number of nitrogens with zero attached hydrogens (tertiary/aromatic N) is 4. The zero-order valence-electron chi connectivity index (χ0n) is 10.9. The third-order valence-corrected chi connectivity index (χ3v) is 3.21. The third kappa shape index (κ3) is 2.23. The van der Waals surface area contributed by atoms with Gasteiger partial charge >= 0.3 is 0 Å². The highest BCUT2D eigenvalue weighted by Gasteiger charge is 2.29. The number of carbonyl (C=O) groups is 1. The maximum Gasteiger partial charge on any atom is 0.298 e. The summed E-state index contributed by atoms with van der Waals surface area (Å²) in [6.45, 7) is 0. The molecular weight excluding hydrogens is 270 g/mol. The van der Waals surface area contributed by atoms with Gasteiger partial charge in [-0.1, -0.05) is 35.5 Å². The summed E-state index contributed by atoms with van der Waals surface area (Å²) in [5, 5.41) is 16.4. The normalized spacial score (nSPS) is 16.9. The van der Waals surface area contributed by atoms with E-state index in [0.29, 0.717) is 6.42 Å². The summed E-state index contributed by atoms with van der Waals surface area (Å²) in [5.74, 6) is -0.471. The first-order chi connectivity index (χ1) is 10.2. The van der Waals surface area contributed by atoms with Crippen LogP contribution in [-0.4, -0.2) is 21.4 Å². The molecule has 1 aliphatic heterocycles. The van der Waals surface area contributed by atoms with Crippen LogP contribution in [0, 0.1) is 11.3 Å². The van der Waals surface area contributed by atoms with Crippen LogP contribution in [0.15, 0.2) is 41.7 Å². The monoisotopic (exact) mass is 281 g/mol. The largest absolute Gasteiger partial charge is 0.387 e. The molecule has 0 spiro atoms. The Labute approximate surface area is 120 Å². The molecular formula is C14H11N5O2. The number of aromatic nitrogens is 2. The van der Waals surface area contributed by atoms with Gasteiger partial charge in [0.15, 0.2) is 11.8 Å². The van der Waals surface area contributed by atoms with Crippen molar-refractivity contribution in [2.45, 2.75) is 12.5 Å². The molecule has 0 saturated heterocycles. The van der Waals surface area contributed by atoms with Crippen molar-refractivity contribution in [1.82, 2.24) is 9.78 Å². The number of nitrogen functional groups attached to an aromatic ring is 1. The van der Waals surface area contributed by atoms with Crippen LogP contribution in [0.1, 0.15) is 28.4 Å². The number of hydrogen-bond acceptors (Lipinski definition) is 6. The zero-order chi connectivity index (χ0) is 14.8. The maximum absolute atomic E-state index is 12.3. The van der Waals surface area contributed by atoms with Crippen molar-refractivity contribution in [2.75, 3.05) is 5.73 Å². The summed E-state index contributed by atoms with van der Waals surface area (Å²) in [7, 11) is 0. The van der Waals surface area contributed by atoms with Gasteiger partial charge in [-0.3, -0.25) is 4.79 Å². The van der Waals surface area contributed by atoms with Crippen molar-refractivity contribution >= 4 is 17.4 Å². The summed E-state index contributed by atoms with van der Waals surface area (Å²) in [4.78, 5) is 17.6. The molecule has 104 valence electrons. The number of rotatable bonds is 2. The van der Waals surface area contributed by atoms with Crippen LogP contribution in [0.5, 0.6) is 0 Å². The molecule has 0 fully saturated rings. The standard InChI is InChI=1S/C14H11N5O2/c15-7-10-8-17-19(13(10)16)14(20)11-6-12(21-18-11)9-4-2-1-3-5-9/h1-5,8,12H,6,16H2/t12-/m0/s1. The minimum Gasteiger partial charge on any atom is -0.387 e. The summed E-state index contributed by atoms with van der Waals surface area (Å²) in [6, 6.07) is 11.4. The Morgan fingerprint density at radius 2 is 2.19 bits per heavy atom. The third-order valence-electron chi connectivity index (χ3n) is 3.21. The molecule has 7 heteroatoms. The Morgan fingerprint density at radius 3 is 2.86 bits per heavy atom. The van der Waals surface area contributed by atoms with Gasteiger partial charge in [0.1, 0.15) is 17.5 Å². The zero-order valence-corrected chi connectivity index (χ0v) is 10.9. The van der Waals surface area contributed by atoms with Crippen LogP contribution >= 0.6 is 0 Å². The van der Waals surface area contributed by atoms with E-state index < -0.39 is 5.91 Å². The van der Waals surface area contributed by atoms with E-state index in [2.05, 4.69) is 10.3 Å². The average molecular weight is 281 g/mol. The lowest BCUT2D eigenvalue weighted by atomic mass is 10.0. The molecule has 1 atom stereocenters. The first-order valence-electron chi connectivity index (χ1n) is 6.26. The van der Waals surface area contributed by atoms with Crippen LogP contribution < -0.4 is 5.73 Å². The smallest absolute Gasteiger partial charge is 0.298 e. The second kappa shape index (κ2) is 5.09. The molecule has 3 rings (SSSR count). The highest BCUT2D eigenvalue weighted by molar-refractivity contribution is 6.40. The summed E-state index contributed by atoms with van der Waals surface area (Å²) in [5.41, 5.74) is 7.01. The van der Waals surface area contributed by atoms with E-state index >= 15 is 0 Å². The van der Waals surface area contributed by atoms with Gasteiger partial charge in [0.2, 0.25) is 0 Å². The van der Waals surface area contributed by atoms with E-state index in [-0.39, 0.29) is 23.2 Å². The summed E-state index contributed by atoms with van der Waals surface area (Å²) < 4.78 is 0.966. The average Bonchev–Trinajstić information content (AvgIpc) is 3.14. The van der Waals surface area contributed by atoms with Crippen LogP contribution in [0.2, 0.25) is 0 Å². The fourth-order valence-electron chi connectivity index (χ4n) is 2.08. The first-order valence-corrected chi connectivity index (χ1v) is 6.26. The second-order valence-corrected chi connectivity index (χ2v) is 4.52. The Balaban J connectivity index is 1.78. The van der Waals surface area contributed by atoms with E-state index in [1.807, 2.05) is 36.4 Å². The van der Waals surface area contributed by atoms with Crippen LogP contribution in [0.4, 0.5) is 5.82 Å². The van der Waals surface area contributed by atoms with E-state index in [0.717, 1.165) is 10.2 Å². The Morgan fingerprint density at radius 1 is 1.43 bits per heavy atom. The predicted octanol–water partition coefficient (Wildman–Crippen LogP) is 1.49. The first kappa shape index (κ1) is 12.9. The SMILES string of the molecule is N#Cc1cnn(C(=O)C2=NO[C@H](c3ccccc3)C2)c1N. The van der Waals surface area contributed by atoms with Crippen molar-refractivity contribution < 1.29 is 9.63 Å². The summed E-state index contributed by atoms with van der Waals surface area (Å²) in [6.07, 6.45) is 1.29. The number of benzene rings is 1. The molecule has 0 unspecified atom stereocenters. The van der Waals surface area contributed by atoms with Crippen molar-refractivity contribution in [3.8, 4) is 6.07 Å². The molecule has 0 amide bonds. The molecule has 0 radical (unpaired) electrons. The van der Waals surface area contributed by atoms with Gasteiger partial charge in [0.25, 0.3) is 5.91 Å². The van der Waals surface area contributed by atoms with E-state index in [1.54, 1.807) is 0 Å². The predicted molar refractivity (Wildman–Crippen MR) is 74.3 cm³/mol. The topological polar surface area (TPSA) is 106 Å². The summed E-state index contributed by atoms with van der Waals surface area (Å²) >= 11 is 0. The number of anilines is 1.